The molecule has 0 aromatic carbocycles. The van der Waals surface area contributed by atoms with Crippen LogP contribution in [0.5, 0.6) is 6.01 Å². The Kier molecular flexibility index (Phi) is 4.54. The van der Waals surface area contributed by atoms with Crippen LogP contribution < -0.4 is 15.0 Å². The highest BCUT2D eigenvalue weighted by Gasteiger charge is 2.24. The van der Waals surface area contributed by atoms with E-state index in [0.29, 0.717) is 38.1 Å². The maximum atomic E-state index is 11.8. The van der Waals surface area contributed by atoms with Crippen molar-refractivity contribution in [1.82, 2.24) is 19.9 Å². The quantitative estimate of drug-likeness (QED) is 0.811. The summed E-state index contributed by atoms with van der Waals surface area (Å²) in [4.78, 5) is 28.1. The number of aromatic nitrogens is 3. The van der Waals surface area contributed by atoms with E-state index in [1.54, 1.807) is 11.9 Å². The third-order valence-corrected chi connectivity index (χ3v) is 2.95. The van der Waals surface area contributed by atoms with E-state index in [9.17, 15) is 4.79 Å². The first kappa shape index (κ1) is 14.3. The molecule has 1 aromatic rings. The molecule has 0 spiro atoms. The fraction of sp³-hybridized carbons (Fsp3) is 0.667. The van der Waals surface area contributed by atoms with Gasteiger partial charge in [-0.25, -0.2) is 0 Å². The maximum absolute atomic E-state index is 11.8. The van der Waals surface area contributed by atoms with E-state index in [0.717, 1.165) is 0 Å². The third kappa shape index (κ3) is 3.25. The fourth-order valence-electron chi connectivity index (χ4n) is 1.85. The summed E-state index contributed by atoms with van der Waals surface area (Å²) in [5.74, 6) is 0.993. The summed E-state index contributed by atoms with van der Waals surface area (Å²) in [7, 11) is 1.79. The van der Waals surface area contributed by atoms with Gasteiger partial charge < -0.3 is 19.9 Å². The van der Waals surface area contributed by atoms with Crippen LogP contribution >= 0.6 is 0 Å². The second kappa shape index (κ2) is 6.36. The average Bonchev–Trinajstić information content (AvgIpc) is 2.42. The molecule has 1 amide bonds. The van der Waals surface area contributed by atoms with Gasteiger partial charge in [0.05, 0.1) is 13.2 Å². The molecular weight excluding hydrogens is 260 g/mol. The molecule has 2 rings (SSSR count). The summed E-state index contributed by atoms with van der Waals surface area (Å²) in [6.45, 7) is 6.65. The minimum Gasteiger partial charge on any atom is -0.464 e. The minimum atomic E-state index is 0.0552. The summed E-state index contributed by atoms with van der Waals surface area (Å²) in [6, 6.07) is 0.278. The lowest BCUT2D eigenvalue weighted by Gasteiger charge is -2.31. The van der Waals surface area contributed by atoms with Gasteiger partial charge in [0, 0.05) is 26.7 Å². The highest BCUT2D eigenvalue weighted by molar-refractivity contribution is 5.81. The van der Waals surface area contributed by atoms with E-state index in [2.05, 4.69) is 20.3 Å². The normalized spacial score (nSPS) is 15.4. The Labute approximate surface area is 118 Å². The van der Waals surface area contributed by atoms with Crippen LogP contribution in [0.1, 0.15) is 13.8 Å². The molecule has 1 fully saturated rings. The Morgan fingerprint density at radius 2 is 2.05 bits per heavy atom. The second-order valence-corrected chi connectivity index (χ2v) is 4.44. The lowest BCUT2D eigenvalue weighted by atomic mass is 10.3. The molecule has 1 aliphatic heterocycles. The number of piperazine rings is 1. The number of hydrogen-bond acceptors (Lipinski definition) is 7. The summed E-state index contributed by atoms with van der Waals surface area (Å²) < 4.78 is 5.35. The molecule has 0 saturated carbocycles. The van der Waals surface area contributed by atoms with Gasteiger partial charge in [0.1, 0.15) is 0 Å². The first-order chi connectivity index (χ1) is 9.63. The van der Waals surface area contributed by atoms with Crippen molar-refractivity contribution >= 4 is 17.8 Å². The highest BCUT2D eigenvalue weighted by atomic mass is 16.5. The zero-order valence-corrected chi connectivity index (χ0v) is 12.1. The van der Waals surface area contributed by atoms with Gasteiger partial charge in [-0.05, 0) is 13.8 Å². The Morgan fingerprint density at radius 1 is 1.25 bits per heavy atom. The second-order valence-electron chi connectivity index (χ2n) is 4.44. The fourth-order valence-corrected chi connectivity index (χ4v) is 1.85. The molecule has 20 heavy (non-hydrogen) atoms. The lowest BCUT2D eigenvalue weighted by Crippen LogP contribution is -2.49. The molecular formula is C12H20N6O2. The number of rotatable bonds is 5. The molecule has 1 aromatic heterocycles. The SMILES string of the molecule is CCNc1nc(OCC)nc(N2CCN(C)C(=O)C2)n1. The topological polar surface area (TPSA) is 83.5 Å². The number of amides is 1. The van der Waals surface area contributed by atoms with Gasteiger partial charge >= 0.3 is 6.01 Å². The predicted molar refractivity (Wildman–Crippen MR) is 75.0 cm³/mol. The standard InChI is InChI=1S/C12H20N6O2/c1-4-13-10-14-11(16-12(15-10)20-5-2)18-7-6-17(3)9(19)8-18/h4-8H2,1-3H3,(H,13,14,15,16). The van der Waals surface area contributed by atoms with Crippen molar-refractivity contribution in [2.24, 2.45) is 0 Å². The van der Waals surface area contributed by atoms with Gasteiger partial charge in [0.25, 0.3) is 0 Å². The van der Waals surface area contributed by atoms with Crippen LogP contribution in [0.4, 0.5) is 11.9 Å². The Hall–Kier alpha value is -2.12. The number of hydrogen-bond donors (Lipinski definition) is 1. The summed E-state index contributed by atoms with van der Waals surface area (Å²) in [5.41, 5.74) is 0. The maximum Gasteiger partial charge on any atom is 0.323 e. The van der Waals surface area contributed by atoms with Gasteiger partial charge in [-0.2, -0.15) is 15.0 Å². The van der Waals surface area contributed by atoms with Crippen molar-refractivity contribution in [2.75, 3.05) is 50.1 Å². The van der Waals surface area contributed by atoms with E-state index < -0.39 is 0 Å². The van der Waals surface area contributed by atoms with Crippen molar-refractivity contribution in [3.8, 4) is 6.01 Å². The molecule has 110 valence electrons. The molecule has 2 heterocycles. The molecule has 1 N–H and O–H groups in total. The molecule has 1 aliphatic rings. The largest absolute Gasteiger partial charge is 0.464 e. The third-order valence-electron chi connectivity index (χ3n) is 2.95. The molecule has 8 heteroatoms. The number of carbonyl (C=O) groups excluding carboxylic acids is 1. The molecule has 8 nitrogen and oxygen atoms in total. The van der Waals surface area contributed by atoms with Crippen molar-refractivity contribution in [3.05, 3.63) is 0 Å². The van der Waals surface area contributed by atoms with Crippen molar-refractivity contribution in [2.45, 2.75) is 13.8 Å². The number of nitrogens with one attached hydrogen (secondary N) is 1. The molecule has 0 unspecified atom stereocenters. The van der Waals surface area contributed by atoms with Crippen LogP contribution in [0.2, 0.25) is 0 Å². The van der Waals surface area contributed by atoms with Crippen LogP contribution in [0.3, 0.4) is 0 Å². The van der Waals surface area contributed by atoms with Crippen LogP contribution in [0.25, 0.3) is 0 Å². The molecule has 1 saturated heterocycles. The van der Waals surface area contributed by atoms with Crippen LogP contribution in [-0.4, -0.2) is 65.6 Å². The molecule has 0 aliphatic carbocycles. The minimum absolute atomic E-state index is 0.0552. The molecule has 0 radical (unpaired) electrons. The lowest BCUT2D eigenvalue weighted by molar-refractivity contribution is -0.129. The molecule has 0 atom stereocenters. The zero-order valence-electron chi connectivity index (χ0n) is 12.1. The number of ether oxygens (including phenoxy) is 1. The highest BCUT2D eigenvalue weighted by Crippen LogP contribution is 2.16. The average molecular weight is 280 g/mol. The van der Waals surface area contributed by atoms with E-state index >= 15 is 0 Å². The van der Waals surface area contributed by atoms with Gasteiger partial charge in [0.2, 0.25) is 17.8 Å². The number of carbonyl (C=O) groups is 1. The van der Waals surface area contributed by atoms with Crippen molar-refractivity contribution in [3.63, 3.8) is 0 Å². The number of nitrogens with zero attached hydrogens (tertiary/aromatic N) is 5. The first-order valence-corrected chi connectivity index (χ1v) is 6.75. The summed E-state index contributed by atoms with van der Waals surface area (Å²) in [6.07, 6.45) is 0. The molecule has 0 bridgehead atoms. The van der Waals surface area contributed by atoms with Gasteiger partial charge in [-0.3, -0.25) is 4.79 Å². The van der Waals surface area contributed by atoms with Crippen molar-refractivity contribution in [1.29, 1.82) is 0 Å². The van der Waals surface area contributed by atoms with Gasteiger partial charge in [-0.1, -0.05) is 0 Å². The number of anilines is 2. The van der Waals surface area contributed by atoms with Gasteiger partial charge in [0.15, 0.2) is 0 Å². The summed E-state index contributed by atoms with van der Waals surface area (Å²) >= 11 is 0. The smallest absolute Gasteiger partial charge is 0.323 e. The first-order valence-electron chi connectivity index (χ1n) is 6.75. The van der Waals surface area contributed by atoms with Crippen molar-refractivity contribution < 1.29 is 9.53 Å². The zero-order chi connectivity index (χ0) is 14.5. The summed E-state index contributed by atoms with van der Waals surface area (Å²) in [5, 5.41) is 3.04. The monoisotopic (exact) mass is 280 g/mol. The predicted octanol–water partition coefficient (Wildman–Crippen LogP) is -0.0195. The van der Waals surface area contributed by atoms with E-state index in [1.165, 1.54) is 0 Å². The van der Waals surface area contributed by atoms with Crippen LogP contribution in [-0.2, 0) is 4.79 Å². The Balaban J connectivity index is 2.23. The van der Waals surface area contributed by atoms with E-state index in [-0.39, 0.29) is 18.5 Å². The Morgan fingerprint density at radius 3 is 2.70 bits per heavy atom. The van der Waals surface area contributed by atoms with E-state index in [4.69, 9.17) is 4.74 Å². The van der Waals surface area contributed by atoms with Gasteiger partial charge in [-0.15, -0.1) is 0 Å². The van der Waals surface area contributed by atoms with E-state index in [1.807, 2.05) is 18.7 Å². The Bertz CT molecular complexity index is 457. The van der Waals surface area contributed by atoms with Crippen LogP contribution in [0.15, 0.2) is 0 Å². The number of likely N-dealkylation sites (N-methyl/N-ethyl adjacent to an activating group) is 1. The van der Waals surface area contributed by atoms with Crippen LogP contribution in [0, 0.1) is 0 Å².